The van der Waals surface area contributed by atoms with E-state index in [4.69, 9.17) is 5.73 Å². The number of rotatable bonds is 10. The highest BCUT2D eigenvalue weighted by atomic mass is 16.2. The van der Waals surface area contributed by atoms with Crippen LogP contribution in [0.5, 0.6) is 0 Å². The zero-order chi connectivity index (χ0) is 15.7. The van der Waals surface area contributed by atoms with E-state index in [9.17, 15) is 4.79 Å². The molecule has 1 amide bonds. The summed E-state index contributed by atoms with van der Waals surface area (Å²) in [6.45, 7) is 14.6. The highest BCUT2D eigenvalue weighted by Gasteiger charge is 2.24. The summed E-state index contributed by atoms with van der Waals surface area (Å²) in [5.74, 6) is 1.74. The Morgan fingerprint density at radius 2 is 1.60 bits per heavy atom. The van der Waals surface area contributed by atoms with Crippen molar-refractivity contribution in [1.82, 2.24) is 4.90 Å². The summed E-state index contributed by atoms with van der Waals surface area (Å²) >= 11 is 0. The minimum absolute atomic E-state index is 0.295. The van der Waals surface area contributed by atoms with E-state index in [0.717, 1.165) is 25.8 Å². The molecule has 0 bridgehead atoms. The van der Waals surface area contributed by atoms with Crippen LogP contribution in [0.1, 0.15) is 67.2 Å². The molecule has 0 saturated carbocycles. The first-order valence-electron chi connectivity index (χ1n) is 8.35. The summed E-state index contributed by atoms with van der Waals surface area (Å²) in [6, 6.07) is 0.377. The number of hydrogen-bond donors (Lipinski definition) is 1. The van der Waals surface area contributed by atoms with Gasteiger partial charge in [-0.25, -0.2) is 0 Å². The molecule has 0 saturated heterocycles. The minimum atomic E-state index is 0.295. The van der Waals surface area contributed by atoms with Gasteiger partial charge in [-0.2, -0.15) is 0 Å². The Bertz CT molecular complexity index is 260. The molecule has 0 radical (unpaired) electrons. The number of carbonyl (C=O) groups excluding carboxylic acids is 1. The Morgan fingerprint density at radius 3 is 1.95 bits per heavy atom. The van der Waals surface area contributed by atoms with Gasteiger partial charge >= 0.3 is 0 Å². The molecular weight excluding hydrogens is 248 g/mol. The van der Waals surface area contributed by atoms with Gasteiger partial charge < -0.3 is 10.6 Å². The van der Waals surface area contributed by atoms with Crippen LogP contribution in [0.15, 0.2) is 0 Å². The van der Waals surface area contributed by atoms with E-state index < -0.39 is 0 Å². The second-order valence-electron chi connectivity index (χ2n) is 6.85. The minimum Gasteiger partial charge on any atom is -0.339 e. The van der Waals surface area contributed by atoms with Crippen molar-refractivity contribution in [3.63, 3.8) is 0 Å². The van der Waals surface area contributed by atoms with Gasteiger partial charge in [-0.3, -0.25) is 4.79 Å². The molecule has 3 heteroatoms. The number of amides is 1. The molecule has 0 aliphatic heterocycles. The maximum absolute atomic E-state index is 12.7. The molecule has 1 atom stereocenters. The fraction of sp³-hybridized carbons (Fsp3) is 0.941. The van der Waals surface area contributed by atoms with Gasteiger partial charge in [0.05, 0.1) is 0 Å². The topological polar surface area (TPSA) is 46.3 Å². The predicted octanol–water partition coefficient (Wildman–Crippen LogP) is 3.67. The van der Waals surface area contributed by atoms with Gasteiger partial charge in [0.15, 0.2) is 0 Å². The SMILES string of the molecule is CCC(CC)N(CC(C)C)C(=O)C[C@@H](CN)CC(C)C. The van der Waals surface area contributed by atoms with Crippen LogP contribution in [-0.4, -0.2) is 29.9 Å². The van der Waals surface area contributed by atoms with Crippen LogP contribution in [0.4, 0.5) is 0 Å². The summed E-state index contributed by atoms with van der Waals surface area (Å²) in [5.41, 5.74) is 5.84. The molecule has 0 aliphatic carbocycles. The predicted molar refractivity (Wildman–Crippen MR) is 87.5 cm³/mol. The van der Waals surface area contributed by atoms with Gasteiger partial charge in [0.1, 0.15) is 0 Å². The molecule has 3 nitrogen and oxygen atoms in total. The van der Waals surface area contributed by atoms with E-state index >= 15 is 0 Å². The third kappa shape index (κ3) is 7.28. The van der Waals surface area contributed by atoms with Gasteiger partial charge in [-0.1, -0.05) is 41.5 Å². The molecular formula is C17H36N2O. The lowest BCUT2D eigenvalue weighted by Gasteiger charge is -2.33. The Balaban J connectivity index is 4.75. The highest BCUT2D eigenvalue weighted by molar-refractivity contribution is 5.76. The number of hydrogen-bond acceptors (Lipinski definition) is 2. The van der Waals surface area contributed by atoms with Gasteiger partial charge in [-0.05, 0) is 43.6 Å². The number of nitrogens with zero attached hydrogens (tertiary/aromatic N) is 1. The van der Waals surface area contributed by atoms with Crippen LogP contribution < -0.4 is 5.73 Å². The van der Waals surface area contributed by atoms with E-state index in [-0.39, 0.29) is 0 Å². The van der Waals surface area contributed by atoms with Crippen molar-refractivity contribution >= 4 is 5.91 Å². The maximum atomic E-state index is 12.7. The van der Waals surface area contributed by atoms with Crippen molar-refractivity contribution in [3.05, 3.63) is 0 Å². The van der Waals surface area contributed by atoms with E-state index in [1.54, 1.807) is 0 Å². The van der Waals surface area contributed by atoms with E-state index in [0.29, 0.717) is 42.7 Å². The summed E-state index contributed by atoms with van der Waals surface area (Å²) in [5, 5.41) is 0. The first kappa shape index (κ1) is 19.4. The average molecular weight is 284 g/mol. The van der Waals surface area contributed by atoms with Crippen molar-refractivity contribution in [3.8, 4) is 0 Å². The zero-order valence-corrected chi connectivity index (χ0v) is 14.5. The molecule has 120 valence electrons. The largest absolute Gasteiger partial charge is 0.339 e. The second-order valence-corrected chi connectivity index (χ2v) is 6.85. The first-order chi connectivity index (χ1) is 9.35. The summed E-state index contributed by atoms with van der Waals surface area (Å²) < 4.78 is 0. The molecule has 0 unspecified atom stereocenters. The smallest absolute Gasteiger partial charge is 0.223 e. The van der Waals surface area contributed by atoms with Crippen LogP contribution >= 0.6 is 0 Å². The van der Waals surface area contributed by atoms with Crippen molar-refractivity contribution in [2.45, 2.75) is 73.3 Å². The molecule has 20 heavy (non-hydrogen) atoms. The molecule has 0 fully saturated rings. The number of nitrogens with two attached hydrogens (primary N) is 1. The lowest BCUT2D eigenvalue weighted by Crippen LogP contribution is -2.43. The van der Waals surface area contributed by atoms with Crippen molar-refractivity contribution in [2.24, 2.45) is 23.5 Å². The Kier molecular flexibility index (Phi) is 9.91. The van der Waals surface area contributed by atoms with E-state index in [1.165, 1.54) is 0 Å². The van der Waals surface area contributed by atoms with Crippen molar-refractivity contribution in [1.29, 1.82) is 0 Å². The van der Waals surface area contributed by atoms with Crippen molar-refractivity contribution in [2.75, 3.05) is 13.1 Å². The van der Waals surface area contributed by atoms with Crippen LogP contribution in [0.25, 0.3) is 0 Å². The molecule has 0 aromatic rings. The fourth-order valence-corrected chi connectivity index (χ4v) is 2.87. The summed E-state index contributed by atoms with van der Waals surface area (Å²) in [4.78, 5) is 14.8. The molecule has 2 N–H and O–H groups in total. The monoisotopic (exact) mass is 284 g/mol. The van der Waals surface area contributed by atoms with Crippen LogP contribution in [0, 0.1) is 17.8 Å². The van der Waals surface area contributed by atoms with Gasteiger partial charge in [0.2, 0.25) is 5.91 Å². The number of carbonyl (C=O) groups is 1. The highest BCUT2D eigenvalue weighted by Crippen LogP contribution is 2.19. The van der Waals surface area contributed by atoms with Gasteiger partial charge in [0.25, 0.3) is 0 Å². The molecule has 0 aromatic heterocycles. The normalized spacial score (nSPS) is 13.3. The molecule has 0 aliphatic rings. The Labute approximate surface area is 126 Å². The lowest BCUT2D eigenvalue weighted by molar-refractivity contribution is -0.135. The summed E-state index contributed by atoms with van der Waals surface area (Å²) in [7, 11) is 0. The third-order valence-corrected chi connectivity index (χ3v) is 3.87. The third-order valence-electron chi connectivity index (χ3n) is 3.87. The quantitative estimate of drug-likeness (QED) is 0.665. The van der Waals surface area contributed by atoms with Crippen LogP contribution in [0.2, 0.25) is 0 Å². The first-order valence-corrected chi connectivity index (χ1v) is 8.35. The molecule has 0 heterocycles. The average Bonchev–Trinajstić information content (AvgIpc) is 2.37. The Morgan fingerprint density at radius 1 is 1.05 bits per heavy atom. The van der Waals surface area contributed by atoms with Gasteiger partial charge in [0, 0.05) is 19.0 Å². The van der Waals surface area contributed by atoms with E-state index in [2.05, 4.69) is 46.4 Å². The van der Waals surface area contributed by atoms with Crippen molar-refractivity contribution < 1.29 is 4.79 Å². The zero-order valence-electron chi connectivity index (χ0n) is 14.5. The van der Waals surface area contributed by atoms with E-state index in [1.807, 2.05) is 0 Å². The fourth-order valence-electron chi connectivity index (χ4n) is 2.87. The molecule has 0 spiro atoms. The summed E-state index contributed by atoms with van der Waals surface area (Å²) in [6.07, 6.45) is 3.72. The van der Waals surface area contributed by atoms with Crippen LogP contribution in [0.3, 0.4) is 0 Å². The Hall–Kier alpha value is -0.570. The maximum Gasteiger partial charge on any atom is 0.223 e. The molecule has 0 aromatic carbocycles. The molecule has 0 rings (SSSR count). The van der Waals surface area contributed by atoms with Gasteiger partial charge in [-0.15, -0.1) is 0 Å². The standard InChI is InChI=1S/C17H36N2O/c1-7-16(8-2)19(12-14(5)6)17(20)10-15(11-18)9-13(3)4/h13-16H,7-12,18H2,1-6H3/t15-/m0/s1. The second kappa shape index (κ2) is 10.2. The van der Waals surface area contributed by atoms with Crippen LogP contribution in [-0.2, 0) is 4.79 Å². The lowest BCUT2D eigenvalue weighted by atomic mass is 9.93.